The average molecular weight is 246 g/mol. The molecular weight excluding hydrogens is 228 g/mol. The van der Waals surface area contributed by atoms with Gasteiger partial charge < -0.3 is 15.3 Å². The zero-order chi connectivity index (χ0) is 12.1. The number of likely N-dealkylation sites (tertiary alicyclic amines) is 1. The van der Waals surface area contributed by atoms with Crippen molar-refractivity contribution >= 4 is 24.4 Å². The molecule has 1 aliphatic rings. The number of thiol groups is 1. The van der Waals surface area contributed by atoms with E-state index in [2.05, 4.69) is 17.9 Å². The highest BCUT2D eigenvalue weighted by Crippen LogP contribution is 2.11. The lowest BCUT2D eigenvalue weighted by Gasteiger charge is -2.32. The highest BCUT2D eigenvalue weighted by molar-refractivity contribution is 7.80. The molecule has 0 saturated carbocycles. The summed E-state index contributed by atoms with van der Waals surface area (Å²) in [6.07, 6.45) is 1.08. The Morgan fingerprint density at radius 2 is 2.31 bits per heavy atom. The second kappa shape index (κ2) is 6.10. The van der Waals surface area contributed by atoms with Gasteiger partial charge in [0.15, 0.2) is 0 Å². The molecule has 0 bridgehead atoms. The molecule has 0 aromatic heterocycles. The van der Waals surface area contributed by atoms with Gasteiger partial charge in [-0.3, -0.25) is 9.59 Å². The third kappa shape index (κ3) is 3.68. The van der Waals surface area contributed by atoms with Gasteiger partial charge in [-0.05, 0) is 12.8 Å². The van der Waals surface area contributed by atoms with Gasteiger partial charge >= 0.3 is 0 Å². The molecular formula is C10H18N2O3S. The summed E-state index contributed by atoms with van der Waals surface area (Å²) in [7, 11) is 0. The molecule has 1 heterocycles. The number of nitrogens with zero attached hydrogens (tertiary/aromatic N) is 1. The molecule has 0 aromatic carbocycles. The van der Waals surface area contributed by atoms with Gasteiger partial charge in [-0.25, -0.2) is 0 Å². The monoisotopic (exact) mass is 246 g/mol. The topological polar surface area (TPSA) is 69.6 Å². The second-order valence-corrected chi connectivity index (χ2v) is 4.38. The molecule has 0 aromatic rings. The highest BCUT2D eigenvalue weighted by Gasteiger charge is 2.27. The standard InChI is InChI=1S/C10H18N2O3S/c1-7(13)11-9(6-16)10(15)12-4-2-3-8(14)5-12/h8-9,14,16H,2-6H2,1H3,(H,11,13). The van der Waals surface area contributed by atoms with Crippen molar-refractivity contribution in [2.45, 2.75) is 31.9 Å². The Morgan fingerprint density at radius 3 is 2.81 bits per heavy atom. The molecule has 0 radical (unpaired) electrons. The van der Waals surface area contributed by atoms with Crippen LogP contribution >= 0.6 is 12.6 Å². The average Bonchev–Trinajstić information content (AvgIpc) is 2.24. The lowest BCUT2D eigenvalue weighted by atomic mass is 10.1. The zero-order valence-corrected chi connectivity index (χ0v) is 10.2. The first-order valence-corrected chi connectivity index (χ1v) is 6.02. The molecule has 16 heavy (non-hydrogen) atoms. The van der Waals surface area contributed by atoms with Crippen molar-refractivity contribution in [2.24, 2.45) is 0 Å². The van der Waals surface area contributed by atoms with Gasteiger partial charge in [0.05, 0.1) is 6.10 Å². The summed E-state index contributed by atoms with van der Waals surface area (Å²) in [5.41, 5.74) is 0. The third-order valence-corrected chi connectivity index (χ3v) is 2.93. The van der Waals surface area contributed by atoms with Crippen LogP contribution < -0.4 is 5.32 Å². The maximum Gasteiger partial charge on any atom is 0.246 e. The van der Waals surface area contributed by atoms with Crippen LogP contribution in [0.3, 0.4) is 0 Å². The molecule has 2 N–H and O–H groups in total. The van der Waals surface area contributed by atoms with E-state index < -0.39 is 12.1 Å². The quantitative estimate of drug-likeness (QED) is 0.583. The number of aliphatic hydroxyl groups is 1. The number of carbonyl (C=O) groups is 2. The Kier molecular flexibility index (Phi) is 5.08. The first kappa shape index (κ1) is 13.3. The number of nitrogens with one attached hydrogen (secondary N) is 1. The molecule has 2 atom stereocenters. The molecule has 1 saturated heterocycles. The second-order valence-electron chi connectivity index (χ2n) is 4.02. The number of piperidine rings is 1. The van der Waals surface area contributed by atoms with Crippen molar-refractivity contribution in [3.05, 3.63) is 0 Å². The van der Waals surface area contributed by atoms with Crippen LogP contribution in [0.5, 0.6) is 0 Å². The smallest absolute Gasteiger partial charge is 0.246 e. The predicted octanol–water partition coefficient (Wildman–Crippen LogP) is -0.596. The van der Waals surface area contributed by atoms with Crippen LogP contribution in [-0.2, 0) is 9.59 Å². The fourth-order valence-electron chi connectivity index (χ4n) is 1.81. The number of amides is 2. The molecule has 6 heteroatoms. The Hall–Kier alpha value is -0.750. The first-order valence-electron chi connectivity index (χ1n) is 5.39. The van der Waals surface area contributed by atoms with E-state index in [0.717, 1.165) is 12.8 Å². The van der Waals surface area contributed by atoms with E-state index in [4.69, 9.17) is 0 Å². The Morgan fingerprint density at radius 1 is 1.62 bits per heavy atom. The van der Waals surface area contributed by atoms with Gasteiger partial charge in [-0.15, -0.1) is 0 Å². The van der Waals surface area contributed by atoms with Crippen molar-refractivity contribution in [3.8, 4) is 0 Å². The van der Waals surface area contributed by atoms with E-state index >= 15 is 0 Å². The van der Waals surface area contributed by atoms with Crippen LogP contribution in [0.15, 0.2) is 0 Å². The molecule has 1 rings (SSSR count). The van der Waals surface area contributed by atoms with Gasteiger partial charge in [0.2, 0.25) is 11.8 Å². The zero-order valence-electron chi connectivity index (χ0n) is 9.35. The normalized spacial score (nSPS) is 22.7. The number of aliphatic hydroxyl groups excluding tert-OH is 1. The van der Waals surface area contributed by atoms with E-state index in [9.17, 15) is 14.7 Å². The number of β-amino-alcohol motifs (C(OH)–C–C–N with tert-alkyl or cyclic N) is 1. The summed E-state index contributed by atoms with van der Waals surface area (Å²) in [4.78, 5) is 24.4. The Labute approximate surface area is 101 Å². The number of hydrogen-bond acceptors (Lipinski definition) is 4. The van der Waals surface area contributed by atoms with E-state index in [1.807, 2.05) is 0 Å². The van der Waals surface area contributed by atoms with Gasteiger partial charge in [-0.2, -0.15) is 12.6 Å². The predicted molar refractivity (Wildman–Crippen MR) is 63.3 cm³/mol. The molecule has 1 fully saturated rings. The molecule has 0 aliphatic carbocycles. The molecule has 92 valence electrons. The number of carbonyl (C=O) groups excluding carboxylic acids is 2. The minimum absolute atomic E-state index is 0.163. The molecule has 1 aliphatic heterocycles. The molecule has 0 spiro atoms. The van der Waals surface area contributed by atoms with Crippen molar-refractivity contribution in [3.63, 3.8) is 0 Å². The Balaban J connectivity index is 2.56. The van der Waals surface area contributed by atoms with Crippen molar-refractivity contribution < 1.29 is 14.7 Å². The maximum atomic E-state index is 12.0. The lowest BCUT2D eigenvalue weighted by Crippen LogP contribution is -2.52. The van der Waals surface area contributed by atoms with Crippen LogP contribution in [0, 0.1) is 0 Å². The van der Waals surface area contributed by atoms with Crippen LogP contribution in [0.2, 0.25) is 0 Å². The van der Waals surface area contributed by atoms with E-state index in [-0.39, 0.29) is 17.6 Å². The lowest BCUT2D eigenvalue weighted by molar-refractivity contribution is -0.138. The fourth-order valence-corrected chi connectivity index (χ4v) is 2.05. The van der Waals surface area contributed by atoms with E-state index in [1.54, 1.807) is 4.90 Å². The number of rotatable bonds is 3. The van der Waals surface area contributed by atoms with Crippen LogP contribution in [-0.4, -0.2) is 52.8 Å². The molecule has 5 nitrogen and oxygen atoms in total. The van der Waals surface area contributed by atoms with Crippen LogP contribution in [0.1, 0.15) is 19.8 Å². The van der Waals surface area contributed by atoms with Gasteiger partial charge in [0.1, 0.15) is 6.04 Å². The summed E-state index contributed by atoms with van der Waals surface area (Å²) in [6.45, 7) is 2.36. The minimum Gasteiger partial charge on any atom is -0.391 e. The maximum absolute atomic E-state index is 12.0. The van der Waals surface area contributed by atoms with Gasteiger partial charge in [0.25, 0.3) is 0 Å². The van der Waals surface area contributed by atoms with Crippen molar-refractivity contribution in [2.75, 3.05) is 18.8 Å². The number of hydrogen-bond donors (Lipinski definition) is 3. The molecule has 2 unspecified atom stereocenters. The largest absolute Gasteiger partial charge is 0.391 e. The fraction of sp³-hybridized carbons (Fsp3) is 0.800. The first-order chi connectivity index (χ1) is 7.54. The summed E-state index contributed by atoms with van der Waals surface area (Å²) in [5, 5.41) is 12.0. The molecule has 2 amide bonds. The third-order valence-electron chi connectivity index (χ3n) is 2.57. The van der Waals surface area contributed by atoms with Crippen LogP contribution in [0.25, 0.3) is 0 Å². The van der Waals surface area contributed by atoms with E-state index in [1.165, 1.54) is 6.92 Å². The summed E-state index contributed by atoms with van der Waals surface area (Å²) in [5.74, 6) is -0.140. The van der Waals surface area contributed by atoms with Crippen molar-refractivity contribution in [1.82, 2.24) is 10.2 Å². The summed E-state index contributed by atoms with van der Waals surface area (Å²) < 4.78 is 0. The van der Waals surface area contributed by atoms with Crippen molar-refractivity contribution in [1.29, 1.82) is 0 Å². The SMILES string of the molecule is CC(=O)NC(CS)C(=O)N1CCCC(O)C1. The minimum atomic E-state index is -0.592. The highest BCUT2D eigenvalue weighted by atomic mass is 32.1. The van der Waals surface area contributed by atoms with Gasteiger partial charge in [0, 0.05) is 25.8 Å². The van der Waals surface area contributed by atoms with Gasteiger partial charge in [-0.1, -0.05) is 0 Å². The van der Waals surface area contributed by atoms with E-state index in [0.29, 0.717) is 13.1 Å². The summed E-state index contributed by atoms with van der Waals surface area (Å²) in [6, 6.07) is -0.592. The Bertz CT molecular complexity index is 273. The van der Waals surface area contributed by atoms with Crippen LogP contribution in [0.4, 0.5) is 0 Å². The summed E-state index contributed by atoms with van der Waals surface area (Å²) >= 11 is 4.05.